The fourth-order valence-electron chi connectivity index (χ4n) is 6.73. The maximum absolute atomic E-state index is 11.9. The molecule has 0 saturated carbocycles. The number of aliphatic hydroxyl groups excluding tert-OH is 4. The van der Waals surface area contributed by atoms with Gasteiger partial charge in [-0.1, -0.05) is 212 Å². The van der Waals surface area contributed by atoms with Crippen LogP contribution in [0.15, 0.2) is 0 Å². The van der Waals surface area contributed by atoms with E-state index in [-0.39, 0.29) is 12.3 Å². The molecule has 0 aliphatic rings. The Kier molecular flexibility index (Phi) is 36.6. The van der Waals surface area contributed by atoms with Crippen molar-refractivity contribution in [3.63, 3.8) is 0 Å². The molecule has 0 saturated heterocycles. The van der Waals surface area contributed by atoms with Crippen molar-refractivity contribution >= 4 is 11.8 Å². The van der Waals surface area contributed by atoms with Crippen LogP contribution in [0.25, 0.3) is 0 Å². The van der Waals surface area contributed by atoms with Crippen LogP contribution in [-0.2, 0) is 9.59 Å². The van der Waals surface area contributed by atoms with E-state index in [0.717, 1.165) is 12.8 Å². The Bertz CT molecular complexity index is 737. The maximum Gasteiger partial charge on any atom is 0.270 e. The van der Waals surface area contributed by atoms with E-state index in [1.165, 1.54) is 200 Å². The molecule has 4 atom stereocenters. The fourth-order valence-corrected chi connectivity index (χ4v) is 6.73. The standard InChI is InChI=1S/C42H84N2O6/c1-3-4-5-6-7-8-9-10-11-12-13-14-15-16-17-18-19-20-21-22-23-24-25-26-27-28-29-30-31-32-33-34-35-36-38(46)43-44-42(50)41(49)40(48)39(47)37(2)45/h37,39-41,45,47-49H,3-36H2,1-2H3,(H,43,46)(H,44,50)/t37-,39-,40+,41-/m1/s1. The first-order valence-corrected chi connectivity index (χ1v) is 21.6. The van der Waals surface area contributed by atoms with E-state index >= 15 is 0 Å². The summed E-state index contributed by atoms with van der Waals surface area (Å²) in [4.78, 5) is 23.7. The molecule has 0 fully saturated rings. The van der Waals surface area contributed by atoms with Crippen molar-refractivity contribution in [3.8, 4) is 0 Å². The van der Waals surface area contributed by atoms with E-state index in [9.17, 15) is 30.0 Å². The van der Waals surface area contributed by atoms with Crippen LogP contribution >= 0.6 is 0 Å². The molecule has 0 aromatic rings. The van der Waals surface area contributed by atoms with Crippen molar-refractivity contribution in [2.45, 2.75) is 257 Å². The molecule has 0 aliphatic heterocycles. The van der Waals surface area contributed by atoms with Crippen molar-refractivity contribution in [3.05, 3.63) is 0 Å². The highest BCUT2D eigenvalue weighted by Gasteiger charge is 2.32. The lowest BCUT2D eigenvalue weighted by atomic mass is 10.0. The minimum Gasteiger partial charge on any atom is -0.391 e. The van der Waals surface area contributed by atoms with Crippen molar-refractivity contribution in [2.24, 2.45) is 0 Å². The Hall–Kier alpha value is -1.22. The van der Waals surface area contributed by atoms with E-state index in [2.05, 4.69) is 12.3 Å². The average Bonchev–Trinajstić information content (AvgIpc) is 3.11. The molecule has 0 heterocycles. The molecule has 0 unspecified atom stereocenters. The van der Waals surface area contributed by atoms with Gasteiger partial charge in [-0.05, 0) is 13.3 Å². The van der Waals surface area contributed by atoms with Crippen LogP contribution in [0.2, 0.25) is 0 Å². The lowest BCUT2D eigenvalue weighted by Gasteiger charge is -2.24. The van der Waals surface area contributed by atoms with E-state index < -0.39 is 30.3 Å². The quantitative estimate of drug-likeness (QED) is 0.0278. The van der Waals surface area contributed by atoms with Gasteiger partial charge in [0.2, 0.25) is 5.91 Å². The first-order valence-electron chi connectivity index (χ1n) is 21.6. The second kappa shape index (κ2) is 37.5. The van der Waals surface area contributed by atoms with E-state index in [1.807, 2.05) is 5.43 Å². The van der Waals surface area contributed by atoms with Gasteiger partial charge in [-0.25, -0.2) is 0 Å². The third-order valence-corrected chi connectivity index (χ3v) is 10.3. The zero-order valence-corrected chi connectivity index (χ0v) is 33.0. The highest BCUT2D eigenvalue weighted by atomic mass is 16.4. The van der Waals surface area contributed by atoms with Gasteiger partial charge in [0.05, 0.1) is 6.10 Å². The average molecular weight is 713 g/mol. The second-order valence-corrected chi connectivity index (χ2v) is 15.3. The van der Waals surface area contributed by atoms with E-state index in [1.54, 1.807) is 0 Å². The number of rotatable bonds is 38. The normalized spacial score (nSPS) is 14.0. The van der Waals surface area contributed by atoms with Crippen LogP contribution in [0.4, 0.5) is 0 Å². The van der Waals surface area contributed by atoms with Crippen LogP contribution in [0.1, 0.15) is 232 Å². The van der Waals surface area contributed by atoms with Crippen LogP contribution in [0.3, 0.4) is 0 Å². The summed E-state index contributed by atoms with van der Waals surface area (Å²) in [6.07, 6.45) is 38.4. The molecule has 0 aromatic carbocycles. The van der Waals surface area contributed by atoms with Gasteiger partial charge in [0.25, 0.3) is 5.91 Å². The molecule has 0 bridgehead atoms. The van der Waals surface area contributed by atoms with Gasteiger partial charge < -0.3 is 20.4 Å². The largest absolute Gasteiger partial charge is 0.391 e. The molecule has 0 spiro atoms. The Morgan fingerprint density at radius 1 is 0.400 bits per heavy atom. The number of nitrogens with one attached hydrogen (secondary N) is 2. The molecule has 8 heteroatoms. The fraction of sp³-hybridized carbons (Fsp3) is 0.952. The molecular formula is C42H84N2O6. The van der Waals surface area contributed by atoms with Crippen molar-refractivity contribution < 1.29 is 30.0 Å². The summed E-state index contributed by atoms with van der Waals surface area (Å²) in [5, 5.41) is 38.2. The molecule has 0 aromatic heterocycles. The summed E-state index contributed by atoms with van der Waals surface area (Å²) in [6.45, 7) is 3.52. The first kappa shape index (κ1) is 48.8. The summed E-state index contributed by atoms with van der Waals surface area (Å²) < 4.78 is 0. The summed E-state index contributed by atoms with van der Waals surface area (Å²) in [5.41, 5.74) is 4.25. The van der Waals surface area contributed by atoms with Gasteiger partial charge >= 0.3 is 0 Å². The van der Waals surface area contributed by atoms with Gasteiger partial charge in [-0.3, -0.25) is 20.4 Å². The minimum absolute atomic E-state index is 0.259. The summed E-state index contributed by atoms with van der Waals surface area (Å²) in [5.74, 6) is -1.43. The van der Waals surface area contributed by atoms with Crippen molar-refractivity contribution in [1.29, 1.82) is 0 Å². The lowest BCUT2D eigenvalue weighted by Crippen LogP contribution is -2.54. The molecule has 50 heavy (non-hydrogen) atoms. The number of hydrogen-bond donors (Lipinski definition) is 6. The monoisotopic (exact) mass is 713 g/mol. The Labute approximate surface area is 308 Å². The molecule has 0 rings (SSSR count). The van der Waals surface area contributed by atoms with E-state index in [0.29, 0.717) is 6.42 Å². The Morgan fingerprint density at radius 3 is 0.920 bits per heavy atom. The molecular weight excluding hydrogens is 628 g/mol. The highest BCUT2D eigenvalue weighted by molar-refractivity contribution is 5.84. The van der Waals surface area contributed by atoms with E-state index in [4.69, 9.17) is 0 Å². The van der Waals surface area contributed by atoms with Gasteiger partial charge in [0.1, 0.15) is 12.2 Å². The Morgan fingerprint density at radius 2 is 0.660 bits per heavy atom. The predicted molar refractivity (Wildman–Crippen MR) is 209 cm³/mol. The molecule has 0 aliphatic carbocycles. The van der Waals surface area contributed by atoms with Crippen LogP contribution < -0.4 is 10.9 Å². The first-order chi connectivity index (χ1) is 24.3. The predicted octanol–water partition coefficient (Wildman–Crippen LogP) is 9.88. The smallest absolute Gasteiger partial charge is 0.270 e. The number of hydrogen-bond acceptors (Lipinski definition) is 6. The second-order valence-electron chi connectivity index (χ2n) is 15.3. The molecule has 8 nitrogen and oxygen atoms in total. The van der Waals surface area contributed by atoms with Gasteiger partial charge in [-0.15, -0.1) is 0 Å². The number of hydrazine groups is 1. The summed E-state index contributed by atoms with van der Waals surface area (Å²) >= 11 is 0. The number of carbonyl (C=O) groups is 2. The highest BCUT2D eigenvalue weighted by Crippen LogP contribution is 2.17. The number of carbonyl (C=O) groups excluding carboxylic acids is 2. The summed E-state index contributed by atoms with van der Waals surface area (Å²) in [6, 6.07) is 0. The summed E-state index contributed by atoms with van der Waals surface area (Å²) in [7, 11) is 0. The van der Waals surface area contributed by atoms with Gasteiger partial charge in [0, 0.05) is 6.42 Å². The number of unbranched alkanes of at least 4 members (excludes halogenated alkanes) is 32. The lowest BCUT2D eigenvalue weighted by molar-refractivity contribution is -0.148. The third-order valence-electron chi connectivity index (χ3n) is 10.3. The molecule has 298 valence electrons. The van der Waals surface area contributed by atoms with Gasteiger partial charge in [0.15, 0.2) is 6.10 Å². The third kappa shape index (κ3) is 32.7. The van der Waals surface area contributed by atoms with Crippen LogP contribution in [0, 0.1) is 0 Å². The van der Waals surface area contributed by atoms with Crippen molar-refractivity contribution in [1.82, 2.24) is 10.9 Å². The topological polar surface area (TPSA) is 139 Å². The zero-order valence-electron chi connectivity index (χ0n) is 33.0. The molecule has 0 radical (unpaired) electrons. The van der Waals surface area contributed by atoms with Gasteiger partial charge in [-0.2, -0.15) is 0 Å². The van der Waals surface area contributed by atoms with Crippen LogP contribution in [-0.4, -0.2) is 56.7 Å². The van der Waals surface area contributed by atoms with Crippen molar-refractivity contribution in [2.75, 3.05) is 0 Å². The minimum atomic E-state index is -1.97. The maximum atomic E-state index is 11.9. The Balaban J connectivity index is 3.27. The molecule has 6 N–H and O–H groups in total. The number of amides is 2. The SMILES string of the molecule is CCCCCCCCCCCCCCCCCCCCCCCCCCCCCCCCCCCC(=O)NNC(=O)[C@H](O)[C@@H](O)[C@H](O)[C@@H](C)O. The number of aliphatic hydroxyl groups is 4. The molecule has 2 amide bonds. The van der Waals surface area contributed by atoms with Crippen LogP contribution in [0.5, 0.6) is 0 Å². The zero-order chi connectivity index (χ0) is 36.9.